The summed E-state index contributed by atoms with van der Waals surface area (Å²) in [7, 11) is 0. The minimum absolute atomic E-state index is 0.297. The molecule has 0 fully saturated rings. The van der Waals surface area contributed by atoms with Gasteiger partial charge in [-0.15, -0.1) is 0 Å². The van der Waals surface area contributed by atoms with E-state index in [2.05, 4.69) is 21.0 Å². The van der Waals surface area contributed by atoms with Crippen molar-refractivity contribution in [2.24, 2.45) is 0 Å². The third-order valence-electron chi connectivity index (χ3n) is 3.94. The van der Waals surface area contributed by atoms with E-state index < -0.39 is 5.69 Å². The first-order valence-electron chi connectivity index (χ1n) is 7.43. The highest BCUT2D eigenvalue weighted by Gasteiger charge is 2.33. The molecule has 6 nitrogen and oxygen atoms in total. The van der Waals surface area contributed by atoms with Crippen molar-refractivity contribution in [3.63, 3.8) is 0 Å². The van der Waals surface area contributed by atoms with Crippen LogP contribution in [0.1, 0.15) is 11.4 Å². The molecule has 120 valence electrons. The largest absolute Gasteiger partial charge is 0.354 e. The lowest BCUT2D eigenvalue weighted by Crippen LogP contribution is -2.34. The van der Waals surface area contributed by atoms with E-state index in [0.29, 0.717) is 18.9 Å². The van der Waals surface area contributed by atoms with Gasteiger partial charge in [0.25, 0.3) is 0 Å². The first-order valence-corrected chi connectivity index (χ1v) is 8.23. The number of aromatic nitrogens is 3. The van der Waals surface area contributed by atoms with Gasteiger partial charge >= 0.3 is 11.7 Å². The zero-order valence-corrected chi connectivity index (χ0v) is 14.2. The Morgan fingerprint density at radius 3 is 2.38 bits per heavy atom. The van der Waals surface area contributed by atoms with Crippen LogP contribution in [0.2, 0.25) is 0 Å². The molecule has 2 aromatic carbocycles. The van der Waals surface area contributed by atoms with E-state index in [1.54, 1.807) is 4.90 Å². The molecule has 0 spiro atoms. The van der Waals surface area contributed by atoms with Gasteiger partial charge in [-0.3, -0.25) is 4.90 Å². The van der Waals surface area contributed by atoms with E-state index in [1.807, 2.05) is 54.6 Å². The standard InChI is InChI=1S/C17H13BrN4O2/c18-13-8-6-12(7-9-13)10-21-17(24)22-15(19-21)11-20(16(22)23)14-4-2-1-3-5-14/h1-9H,10-11H2. The van der Waals surface area contributed by atoms with Gasteiger partial charge in [-0.2, -0.15) is 9.67 Å². The van der Waals surface area contributed by atoms with Crippen molar-refractivity contribution in [2.45, 2.75) is 13.1 Å². The maximum absolute atomic E-state index is 12.6. The summed E-state index contributed by atoms with van der Waals surface area (Å²) in [6.07, 6.45) is 0. The van der Waals surface area contributed by atoms with Crippen molar-refractivity contribution in [1.82, 2.24) is 14.3 Å². The van der Waals surface area contributed by atoms with Gasteiger partial charge in [0, 0.05) is 10.2 Å². The normalized spacial score (nSPS) is 13.4. The molecule has 3 aromatic rings. The Morgan fingerprint density at radius 1 is 1.00 bits per heavy atom. The number of hydrogen-bond acceptors (Lipinski definition) is 3. The summed E-state index contributed by atoms with van der Waals surface area (Å²) in [6, 6.07) is 16.6. The molecule has 1 aliphatic heterocycles. The Bertz CT molecular complexity index is 961. The third-order valence-corrected chi connectivity index (χ3v) is 4.47. The van der Waals surface area contributed by atoms with Crippen molar-refractivity contribution in [1.29, 1.82) is 0 Å². The summed E-state index contributed by atoms with van der Waals surface area (Å²) in [5.41, 5.74) is 1.30. The topological polar surface area (TPSA) is 60.1 Å². The van der Waals surface area contributed by atoms with Crippen LogP contribution in [0, 0.1) is 0 Å². The van der Waals surface area contributed by atoms with E-state index >= 15 is 0 Å². The first kappa shape index (κ1) is 14.9. The van der Waals surface area contributed by atoms with Gasteiger partial charge in [0.2, 0.25) is 0 Å². The molecule has 0 aliphatic carbocycles. The second kappa shape index (κ2) is 5.76. The second-order valence-electron chi connectivity index (χ2n) is 5.52. The van der Waals surface area contributed by atoms with Crippen molar-refractivity contribution < 1.29 is 4.79 Å². The molecule has 2 heterocycles. The Kier molecular flexibility index (Phi) is 3.57. The number of carbonyl (C=O) groups is 1. The van der Waals surface area contributed by atoms with Crippen molar-refractivity contribution in [2.75, 3.05) is 4.90 Å². The Balaban J connectivity index is 1.64. The minimum Gasteiger partial charge on any atom is -0.286 e. The van der Waals surface area contributed by atoms with Crippen LogP contribution >= 0.6 is 15.9 Å². The lowest BCUT2D eigenvalue weighted by atomic mass is 10.2. The van der Waals surface area contributed by atoms with E-state index in [4.69, 9.17) is 0 Å². The predicted molar refractivity (Wildman–Crippen MR) is 93.2 cm³/mol. The number of carbonyl (C=O) groups excluding carboxylic acids is 1. The molecule has 1 amide bonds. The summed E-state index contributed by atoms with van der Waals surface area (Å²) in [5, 5.41) is 4.33. The monoisotopic (exact) mass is 384 g/mol. The van der Waals surface area contributed by atoms with Gasteiger partial charge in [0.05, 0.1) is 13.1 Å². The molecule has 1 aromatic heterocycles. The van der Waals surface area contributed by atoms with Crippen LogP contribution in [0.3, 0.4) is 0 Å². The number of halogens is 1. The van der Waals surface area contributed by atoms with E-state index in [0.717, 1.165) is 20.3 Å². The number of nitrogens with zero attached hydrogens (tertiary/aromatic N) is 4. The van der Waals surface area contributed by atoms with Crippen LogP contribution in [-0.4, -0.2) is 20.4 Å². The molecule has 0 unspecified atom stereocenters. The second-order valence-corrected chi connectivity index (χ2v) is 6.44. The number of benzene rings is 2. The third kappa shape index (κ3) is 2.46. The van der Waals surface area contributed by atoms with E-state index in [-0.39, 0.29) is 6.03 Å². The zero-order valence-electron chi connectivity index (χ0n) is 12.6. The van der Waals surface area contributed by atoms with Crippen LogP contribution in [0.25, 0.3) is 0 Å². The predicted octanol–water partition coefficient (Wildman–Crippen LogP) is 2.84. The molecule has 0 bridgehead atoms. The summed E-state index contributed by atoms with van der Waals surface area (Å²) in [4.78, 5) is 26.6. The van der Waals surface area contributed by atoms with Crippen LogP contribution in [0.4, 0.5) is 10.5 Å². The highest BCUT2D eigenvalue weighted by Crippen LogP contribution is 2.21. The van der Waals surface area contributed by atoms with Gasteiger partial charge < -0.3 is 0 Å². The molecule has 1 aliphatic rings. The molecule has 24 heavy (non-hydrogen) atoms. The number of hydrogen-bond donors (Lipinski definition) is 0. The summed E-state index contributed by atoms with van der Waals surface area (Å²) in [5.74, 6) is 0.464. The fourth-order valence-electron chi connectivity index (χ4n) is 2.75. The lowest BCUT2D eigenvalue weighted by Gasteiger charge is -2.14. The smallest absolute Gasteiger partial charge is 0.286 e. The maximum Gasteiger partial charge on any atom is 0.354 e. The number of fused-ring (bicyclic) bond motifs is 1. The number of para-hydroxylation sites is 1. The minimum atomic E-state index is -0.406. The maximum atomic E-state index is 12.6. The quantitative estimate of drug-likeness (QED) is 0.697. The van der Waals surface area contributed by atoms with E-state index in [1.165, 1.54) is 4.68 Å². The van der Waals surface area contributed by atoms with Crippen molar-refractivity contribution >= 4 is 27.6 Å². The first-order chi connectivity index (χ1) is 11.6. The fourth-order valence-corrected chi connectivity index (χ4v) is 3.02. The molecule has 0 atom stereocenters. The number of amides is 1. The molecular weight excluding hydrogens is 372 g/mol. The highest BCUT2D eigenvalue weighted by atomic mass is 79.9. The van der Waals surface area contributed by atoms with Crippen LogP contribution in [-0.2, 0) is 13.1 Å². The van der Waals surface area contributed by atoms with Crippen molar-refractivity contribution in [3.05, 3.63) is 80.9 Å². The number of anilines is 1. The average molecular weight is 385 g/mol. The summed E-state index contributed by atoms with van der Waals surface area (Å²) >= 11 is 3.38. The van der Waals surface area contributed by atoms with Gasteiger partial charge in [0.15, 0.2) is 5.82 Å². The van der Waals surface area contributed by atoms with Gasteiger partial charge in [0.1, 0.15) is 0 Å². The Hall–Kier alpha value is -2.67. The number of rotatable bonds is 3. The molecule has 0 saturated carbocycles. The average Bonchev–Trinajstić information content (AvgIpc) is 3.08. The van der Waals surface area contributed by atoms with E-state index in [9.17, 15) is 9.59 Å². The van der Waals surface area contributed by atoms with Crippen molar-refractivity contribution in [3.8, 4) is 0 Å². The molecule has 4 rings (SSSR count). The summed E-state index contributed by atoms with van der Waals surface area (Å²) < 4.78 is 3.45. The highest BCUT2D eigenvalue weighted by molar-refractivity contribution is 9.10. The van der Waals surface area contributed by atoms with Gasteiger partial charge in [-0.05, 0) is 29.8 Å². The molecule has 0 saturated heterocycles. The van der Waals surface area contributed by atoms with Gasteiger partial charge in [-0.1, -0.05) is 46.3 Å². The SMILES string of the molecule is O=C1N(c2ccccc2)Cc2nn(Cc3ccc(Br)cc3)c(=O)n21. The zero-order chi connectivity index (χ0) is 16.7. The van der Waals surface area contributed by atoms with Gasteiger partial charge in [-0.25, -0.2) is 14.3 Å². The molecular formula is C17H13BrN4O2. The fraction of sp³-hybridized carbons (Fsp3) is 0.118. The Morgan fingerprint density at radius 2 is 1.71 bits per heavy atom. The lowest BCUT2D eigenvalue weighted by molar-refractivity contribution is 0.250. The molecule has 7 heteroatoms. The van der Waals surface area contributed by atoms with Crippen LogP contribution in [0.5, 0.6) is 0 Å². The molecule has 0 radical (unpaired) electrons. The summed E-state index contributed by atoms with van der Waals surface area (Å²) in [6.45, 7) is 0.635. The Labute approximate surface area is 146 Å². The van der Waals surface area contributed by atoms with Crippen LogP contribution < -0.4 is 10.6 Å². The molecule has 0 N–H and O–H groups in total. The van der Waals surface area contributed by atoms with Crippen LogP contribution in [0.15, 0.2) is 63.9 Å².